The van der Waals surface area contributed by atoms with E-state index >= 15 is 0 Å². The zero-order chi connectivity index (χ0) is 22.0. The lowest BCUT2D eigenvalue weighted by Gasteiger charge is -2.25. The second-order valence-corrected chi connectivity index (χ2v) is 9.60. The van der Waals surface area contributed by atoms with Crippen molar-refractivity contribution < 1.29 is 4.39 Å². The first-order chi connectivity index (χ1) is 14.0. The lowest BCUT2D eigenvalue weighted by molar-refractivity contribution is 0.591. The number of nitrogens with zero attached hydrogens (tertiary/aromatic N) is 3. The van der Waals surface area contributed by atoms with Crippen molar-refractivity contribution in [1.82, 2.24) is 9.55 Å². The SMILES string of the molecule is Cc1cc(C)c(-n2c(-c3c(C(C)(C)C)ccc4c3N=C(F)C4)nc(C)c2C)c(C)c1. The summed E-state index contributed by atoms with van der Waals surface area (Å²) in [5, 5.41) is 0. The predicted molar refractivity (Wildman–Crippen MR) is 123 cm³/mol. The molecule has 4 heteroatoms. The number of fused-ring (bicyclic) bond motifs is 1. The van der Waals surface area contributed by atoms with Gasteiger partial charge in [0.15, 0.2) is 5.97 Å². The van der Waals surface area contributed by atoms with E-state index in [0.29, 0.717) is 0 Å². The molecule has 1 aliphatic heterocycles. The summed E-state index contributed by atoms with van der Waals surface area (Å²) in [7, 11) is 0. The van der Waals surface area contributed by atoms with E-state index in [1.54, 1.807) is 0 Å². The molecule has 1 aromatic heterocycles. The van der Waals surface area contributed by atoms with Gasteiger partial charge in [0.05, 0.1) is 17.1 Å². The topological polar surface area (TPSA) is 30.2 Å². The molecule has 0 unspecified atom stereocenters. The lowest BCUT2D eigenvalue weighted by atomic mass is 9.82. The van der Waals surface area contributed by atoms with E-state index in [0.717, 1.165) is 45.3 Å². The van der Waals surface area contributed by atoms with Gasteiger partial charge in [-0.2, -0.15) is 4.39 Å². The summed E-state index contributed by atoms with van der Waals surface area (Å²) in [5.74, 6) is 0.520. The Kier molecular flexibility index (Phi) is 4.72. The number of aromatic nitrogens is 2. The highest BCUT2D eigenvalue weighted by molar-refractivity contribution is 5.93. The molecule has 1 aliphatic rings. The first-order valence-electron chi connectivity index (χ1n) is 10.5. The smallest absolute Gasteiger partial charge is 0.194 e. The zero-order valence-electron chi connectivity index (χ0n) is 19.2. The Bertz CT molecular complexity index is 1180. The van der Waals surface area contributed by atoms with E-state index in [1.807, 2.05) is 13.0 Å². The van der Waals surface area contributed by atoms with Gasteiger partial charge in [0.2, 0.25) is 0 Å². The molecular formula is C26H30FN3. The molecule has 0 saturated heterocycles. The molecule has 0 fully saturated rings. The highest BCUT2D eigenvalue weighted by Crippen LogP contribution is 2.45. The van der Waals surface area contributed by atoms with Gasteiger partial charge in [-0.05, 0) is 62.3 Å². The summed E-state index contributed by atoms with van der Waals surface area (Å²) in [5.41, 5.74) is 10.5. The zero-order valence-corrected chi connectivity index (χ0v) is 19.2. The minimum atomic E-state index is -0.327. The van der Waals surface area contributed by atoms with E-state index in [-0.39, 0.29) is 17.8 Å². The van der Waals surface area contributed by atoms with Crippen LogP contribution >= 0.6 is 0 Å². The summed E-state index contributed by atoms with van der Waals surface area (Å²) < 4.78 is 16.5. The molecule has 0 bridgehead atoms. The second-order valence-electron chi connectivity index (χ2n) is 9.60. The minimum absolute atomic E-state index is 0.130. The van der Waals surface area contributed by atoms with Crippen LogP contribution in [0.1, 0.15) is 60.0 Å². The molecule has 0 spiro atoms. The van der Waals surface area contributed by atoms with Gasteiger partial charge in [-0.15, -0.1) is 0 Å². The summed E-state index contributed by atoms with van der Waals surface area (Å²) in [6.45, 7) is 17.1. The fourth-order valence-electron chi connectivity index (χ4n) is 4.65. The Balaban J connectivity index is 2.13. The maximum Gasteiger partial charge on any atom is 0.194 e. The van der Waals surface area contributed by atoms with Crippen LogP contribution in [0.2, 0.25) is 0 Å². The van der Waals surface area contributed by atoms with Crippen molar-refractivity contribution in [3.8, 4) is 17.1 Å². The van der Waals surface area contributed by atoms with Crippen LogP contribution in [-0.4, -0.2) is 15.5 Å². The first-order valence-corrected chi connectivity index (χ1v) is 10.5. The number of aliphatic imine (C=N–C) groups is 1. The molecule has 3 aromatic rings. The molecule has 2 aromatic carbocycles. The molecule has 0 aliphatic carbocycles. The third-order valence-electron chi connectivity index (χ3n) is 6.07. The Morgan fingerprint density at radius 3 is 2.20 bits per heavy atom. The summed E-state index contributed by atoms with van der Waals surface area (Å²) in [6.07, 6.45) is 0.258. The molecule has 0 N–H and O–H groups in total. The molecule has 156 valence electrons. The third-order valence-corrected chi connectivity index (χ3v) is 6.07. The van der Waals surface area contributed by atoms with Gasteiger partial charge in [-0.1, -0.05) is 50.6 Å². The van der Waals surface area contributed by atoms with E-state index in [4.69, 9.17) is 4.98 Å². The molecule has 0 atom stereocenters. The van der Waals surface area contributed by atoms with Gasteiger partial charge >= 0.3 is 0 Å². The van der Waals surface area contributed by atoms with Crippen molar-refractivity contribution >= 4 is 11.7 Å². The van der Waals surface area contributed by atoms with Crippen LogP contribution in [0.25, 0.3) is 17.1 Å². The van der Waals surface area contributed by atoms with Gasteiger partial charge in [-0.3, -0.25) is 4.57 Å². The van der Waals surface area contributed by atoms with Crippen LogP contribution < -0.4 is 0 Å². The van der Waals surface area contributed by atoms with Crippen LogP contribution in [0.5, 0.6) is 0 Å². The second kappa shape index (κ2) is 6.90. The maximum absolute atomic E-state index is 14.2. The third kappa shape index (κ3) is 3.19. The maximum atomic E-state index is 14.2. The molecule has 4 rings (SSSR count). The van der Waals surface area contributed by atoms with Crippen molar-refractivity contribution in [3.63, 3.8) is 0 Å². The largest absolute Gasteiger partial charge is 0.296 e. The van der Waals surface area contributed by atoms with Crippen molar-refractivity contribution in [2.45, 2.75) is 67.2 Å². The van der Waals surface area contributed by atoms with Crippen molar-refractivity contribution in [2.75, 3.05) is 0 Å². The summed E-state index contributed by atoms with van der Waals surface area (Å²) >= 11 is 0. The summed E-state index contributed by atoms with van der Waals surface area (Å²) in [4.78, 5) is 9.34. The van der Waals surface area contributed by atoms with Gasteiger partial charge in [0, 0.05) is 17.7 Å². The van der Waals surface area contributed by atoms with Crippen LogP contribution in [-0.2, 0) is 11.8 Å². The number of rotatable bonds is 2. The Morgan fingerprint density at radius 1 is 0.967 bits per heavy atom. The van der Waals surface area contributed by atoms with Crippen molar-refractivity contribution in [1.29, 1.82) is 0 Å². The number of imidazole rings is 1. The highest BCUT2D eigenvalue weighted by Gasteiger charge is 2.30. The van der Waals surface area contributed by atoms with E-state index < -0.39 is 0 Å². The fraction of sp³-hybridized carbons (Fsp3) is 0.385. The quantitative estimate of drug-likeness (QED) is 0.456. The number of hydrogen-bond acceptors (Lipinski definition) is 2. The number of hydrogen-bond donors (Lipinski definition) is 0. The average molecular weight is 404 g/mol. The first kappa shape index (κ1) is 20.5. The van der Waals surface area contributed by atoms with Crippen molar-refractivity contribution in [3.05, 3.63) is 63.5 Å². The van der Waals surface area contributed by atoms with E-state index in [1.165, 1.54) is 16.7 Å². The normalized spacial score (nSPS) is 13.6. The fourth-order valence-corrected chi connectivity index (χ4v) is 4.65. The standard InChI is InChI=1S/C26H30FN3/c1-14-11-15(2)24(16(3)12-14)30-18(5)17(4)28-25(30)22-20(26(6,7)8)10-9-19-13-21(27)29-23(19)22/h9-12H,13H2,1-8H3. The van der Waals surface area contributed by atoms with Gasteiger partial charge in [-0.25, -0.2) is 9.98 Å². The van der Waals surface area contributed by atoms with Gasteiger partial charge in [0.1, 0.15) is 5.82 Å². The Labute approximate surface area is 178 Å². The van der Waals surface area contributed by atoms with Crippen LogP contribution in [0.4, 0.5) is 10.1 Å². The highest BCUT2D eigenvalue weighted by atomic mass is 19.1. The van der Waals surface area contributed by atoms with Gasteiger partial charge < -0.3 is 0 Å². The van der Waals surface area contributed by atoms with Crippen molar-refractivity contribution in [2.24, 2.45) is 4.99 Å². The molecule has 0 amide bonds. The molecule has 30 heavy (non-hydrogen) atoms. The van der Waals surface area contributed by atoms with Crippen LogP contribution in [0.15, 0.2) is 29.3 Å². The lowest BCUT2D eigenvalue weighted by Crippen LogP contribution is -2.15. The molecule has 2 heterocycles. The Morgan fingerprint density at radius 2 is 1.60 bits per heavy atom. The van der Waals surface area contributed by atoms with E-state index in [2.05, 4.69) is 76.2 Å². The molecular weight excluding hydrogens is 373 g/mol. The molecule has 0 saturated carbocycles. The molecule has 0 radical (unpaired) electrons. The average Bonchev–Trinajstić information content (AvgIpc) is 3.13. The van der Waals surface area contributed by atoms with Gasteiger partial charge in [0.25, 0.3) is 0 Å². The van der Waals surface area contributed by atoms with Crippen LogP contribution in [0.3, 0.4) is 0 Å². The summed E-state index contributed by atoms with van der Waals surface area (Å²) in [6, 6.07) is 8.56. The molecule has 3 nitrogen and oxygen atoms in total. The Hall–Kier alpha value is -2.75. The monoisotopic (exact) mass is 403 g/mol. The van der Waals surface area contributed by atoms with Crippen LogP contribution in [0, 0.1) is 34.6 Å². The predicted octanol–water partition coefficient (Wildman–Crippen LogP) is 6.93. The minimum Gasteiger partial charge on any atom is -0.296 e. The van der Waals surface area contributed by atoms with E-state index in [9.17, 15) is 4.39 Å². The number of halogens is 1. The number of benzene rings is 2. The number of aryl methyl sites for hydroxylation is 4.